The zero-order valence-electron chi connectivity index (χ0n) is 17.0. The largest absolute Gasteiger partial charge is 0.416 e. The zero-order valence-corrected chi connectivity index (χ0v) is 17.0. The summed E-state index contributed by atoms with van der Waals surface area (Å²) in [5.74, 6) is -0.646. The minimum Gasteiger partial charge on any atom is -0.325 e. The van der Waals surface area contributed by atoms with E-state index in [0.29, 0.717) is 5.56 Å². The van der Waals surface area contributed by atoms with Gasteiger partial charge in [-0.1, -0.05) is 30.3 Å². The second-order valence-corrected chi connectivity index (χ2v) is 7.24. The number of anilines is 1. The van der Waals surface area contributed by atoms with Crippen LogP contribution in [0.2, 0.25) is 0 Å². The van der Waals surface area contributed by atoms with Crippen LogP contribution in [-0.2, 0) is 24.1 Å². The summed E-state index contributed by atoms with van der Waals surface area (Å²) in [4.78, 5) is 42.7. The van der Waals surface area contributed by atoms with Gasteiger partial charge in [-0.3, -0.25) is 18.7 Å². The van der Waals surface area contributed by atoms with Crippen molar-refractivity contribution in [1.82, 2.24) is 14.1 Å². The molecule has 0 aliphatic carbocycles. The third kappa shape index (κ3) is 4.69. The molecule has 0 radical (unpaired) electrons. The van der Waals surface area contributed by atoms with Gasteiger partial charge in [-0.2, -0.15) is 13.2 Å². The first-order valence-corrected chi connectivity index (χ1v) is 9.83. The number of alkyl halides is 3. The Morgan fingerprint density at radius 3 is 2.27 bits per heavy atom. The van der Waals surface area contributed by atoms with Gasteiger partial charge in [0.2, 0.25) is 5.91 Å². The molecule has 7 nitrogen and oxygen atoms in total. The van der Waals surface area contributed by atoms with Crippen LogP contribution in [0.1, 0.15) is 11.1 Å². The van der Waals surface area contributed by atoms with Gasteiger partial charge in [-0.05, 0) is 42.0 Å². The highest BCUT2D eigenvalue weighted by Gasteiger charge is 2.30. The molecule has 33 heavy (non-hydrogen) atoms. The minimum absolute atomic E-state index is 0.00839. The number of rotatable bonds is 5. The molecule has 4 rings (SSSR count). The van der Waals surface area contributed by atoms with Crippen LogP contribution < -0.4 is 16.6 Å². The number of benzene rings is 2. The Morgan fingerprint density at radius 2 is 1.61 bits per heavy atom. The van der Waals surface area contributed by atoms with Gasteiger partial charge in [0.25, 0.3) is 5.56 Å². The number of nitrogens with one attached hydrogen (secondary N) is 1. The van der Waals surface area contributed by atoms with Crippen molar-refractivity contribution in [2.45, 2.75) is 19.3 Å². The molecule has 1 N–H and O–H groups in total. The average molecular weight is 454 g/mol. The predicted octanol–water partition coefficient (Wildman–Crippen LogP) is 3.26. The molecule has 0 spiro atoms. The minimum atomic E-state index is -4.49. The molecule has 0 atom stereocenters. The molecule has 0 bridgehead atoms. The van der Waals surface area contributed by atoms with E-state index in [-0.39, 0.29) is 23.3 Å². The van der Waals surface area contributed by atoms with Gasteiger partial charge in [-0.25, -0.2) is 9.78 Å². The monoisotopic (exact) mass is 454 g/mol. The number of nitrogens with zero attached hydrogens (tertiary/aromatic N) is 3. The number of hydrogen-bond donors (Lipinski definition) is 1. The molecule has 0 fully saturated rings. The van der Waals surface area contributed by atoms with Crippen LogP contribution in [0.15, 0.2) is 82.5 Å². The van der Waals surface area contributed by atoms with Gasteiger partial charge < -0.3 is 5.32 Å². The summed E-state index contributed by atoms with van der Waals surface area (Å²) in [6, 6.07) is 15.9. The van der Waals surface area contributed by atoms with E-state index in [1.54, 1.807) is 30.3 Å². The van der Waals surface area contributed by atoms with Gasteiger partial charge in [0.15, 0.2) is 5.52 Å². The van der Waals surface area contributed by atoms with E-state index in [9.17, 15) is 27.6 Å². The maximum absolute atomic E-state index is 13.1. The molecule has 0 saturated carbocycles. The van der Waals surface area contributed by atoms with Crippen molar-refractivity contribution in [2.75, 3.05) is 5.32 Å². The van der Waals surface area contributed by atoms with Crippen LogP contribution in [0.5, 0.6) is 0 Å². The molecule has 2 aromatic heterocycles. The Bertz CT molecular complexity index is 1430. The van der Waals surface area contributed by atoms with Crippen LogP contribution >= 0.6 is 0 Å². The number of carbonyl (C=O) groups is 1. The maximum Gasteiger partial charge on any atom is 0.416 e. The molecule has 0 aliphatic rings. The third-order valence-corrected chi connectivity index (χ3v) is 4.97. The first-order chi connectivity index (χ1) is 15.7. The molecule has 0 unspecified atom stereocenters. The summed E-state index contributed by atoms with van der Waals surface area (Å²) in [6.07, 6.45) is -3.08. The standard InChI is InChI=1S/C23H17F3N4O3/c24-23(25,26)16-8-10-17(11-9-16)28-19(31)14-29-18-7-4-12-27-20(18)21(32)30(22(29)33)13-15-5-2-1-3-6-15/h1-12H,13-14H2,(H,28,31). The summed E-state index contributed by atoms with van der Waals surface area (Å²) >= 11 is 0. The fourth-order valence-corrected chi connectivity index (χ4v) is 3.39. The highest BCUT2D eigenvalue weighted by molar-refractivity contribution is 5.91. The molecule has 1 amide bonds. The van der Waals surface area contributed by atoms with Crippen molar-refractivity contribution >= 4 is 22.6 Å². The van der Waals surface area contributed by atoms with Crippen LogP contribution in [0, 0.1) is 0 Å². The van der Waals surface area contributed by atoms with Crippen molar-refractivity contribution < 1.29 is 18.0 Å². The lowest BCUT2D eigenvalue weighted by molar-refractivity contribution is -0.137. The van der Waals surface area contributed by atoms with Crippen molar-refractivity contribution in [1.29, 1.82) is 0 Å². The predicted molar refractivity (Wildman–Crippen MR) is 116 cm³/mol. The van der Waals surface area contributed by atoms with E-state index in [4.69, 9.17) is 0 Å². The topological polar surface area (TPSA) is 86.0 Å². The SMILES string of the molecule is O=C(Cn1c(=O)n(Cc2ccccc2)c(=O)c2ncccc21)Nc1ccc(C(F)(F)F)cc1. The van der Waals surface area contributed by atoms with E-state index in [1.807, 2.05) is 0 Å². The van der Waals surface area contributed by atoms with Crippen molar-refractivity contribution in [3.05, 3.63) is 105 Å². The van der Waals surface area contributed by atoms with E-state index >= 15 is 0 Å². The Morgan fingerprint density at radius 1 is 0.909 bits per heavy atom. The number of pyridine rings is 1. The second-order valence-electron chi connectivity index (χ2n) is 7.24. The number of aromatic nitrogens is 3. The van der Waals surface area contributed by atoms with Crippen molar-refractivity contribution in [3.8, 4) is 0 Å². The second kappa shape index (κ2) is 8.73. The smallest absolute Gasteiger partial charge is 0.325 e. The lowest BCUT2D eigenvalue weighted by Gasteiger charge is -2.14. The summed E-state index contributed by atoms with van der Waals surface area (Å²) in [5.41, 5.74) is -1.07. The Balaban J connectivity index is 1.67. The van der Waals surface area contributed by atoms with Gasteiger partial charge in [0.05, 0.1) is 17.6 Å². The number of carbonyl (C=O) groups excluding carboxylic acids is 1. The Hall–Kier alpha value is -4.21. The van der Waals surface area contributed by atoms with Crippen LogP contribution in [-0.4, -0.2) is 20.0 Å². The summed E-state index contributed by atoms with van der Waals surface area (Å²) in [7, 11) is 0. The molecular formula is C23H17F3N4O3. The number of fused-ring (bicyclic) bond motifs is 1. The fraction of sp³-hybridized carbons (Fsp3) is 0.130. The van der Waals surface area contributed by atoms with Gasteiger partial charge in [0.1, 0.15) is 6.54 Å². The van der Waals surface area contributed by atoms with E-state index in [1.165, 1.54) is 18.3 Å². The first kappa shape index (κ1) is 22.0. The van der Waals surface area contributed by atoms with Crippen molar-refractivity contribution in [2.24, 2.45) is 0 Å². The van der Waals surface area contributed by atoms with E-state index in [0.717, 1.165) is 33.4 Å². The van der Waals surface area contributed by atoms with Crippen molar-refractivity contribution in [3.63, 3.8) is 0 Å². The number of hydrogen-bond acceptors (Lipinski definition) is 4. The molecule has 0 saturated heterocycles. The highest BCUT2D eigenvalue weighted by atomic mass is 19.4. The van der Waals surface area contributed by atoms with E-state index < -0.39 is 35.4 Å². The lowest BCUT2D eigenvalue weighted by atomic mass is 10.2. The maximum atomic E-state index is 13.1. The molecular weight excluding hydrogens is 437 g/mol. The summed E-state index contributed by atoms with van der Waals surface area (Å²) in [5, 5.41) is 2.47. The van der Waals surface area contributed by atoms with Crippen LogP contribution in [0.25, 0.3) is 11.0 Å². The number of amides is 1. The molecule has 10 heteroatoms. The Kier molecular flexibility index (Phi) is 5.82. The average Bonchev–Trinajstić information content (AvgIpc) is 2.80. The number of halogens is 3. The molecule has 2 aromatic carbocycles. The lowest BCUT2D eigenvalue weighted by Crippen LogP contribution is -2.42. The normalized spacial score (nSPS) is 11.5. The quantitative estimate of drug-likeness (QED) is 0.502. The first-order valence-electron chi connectivity index (χ1n) is 9.83. The van der Waals surface area contributed by atoms with Gasteiger partial charge in [0, 0.05) is 11.9 Å². The summed E-state index contributed by atoms with van der Waals surface area (Å²) in [6.45, 7) is -0.470. The van der Waals surface area contributed by atoms with Crippen LogP contribution in [0.3, 0.4) is 0 Å². The van der Waals surface area contributed by atoms with Crippen LogP contribution in [0.4, 0.5) is 18.9 Å². The highest BCUT2D eigenvalue weighted by Crippen LogP contribution is 2.29. The summed E-state index contributed by atoms with van der Waals surface area (Å²) < 4.78 is 40.3. The molecule has 168 valence electrons. The molecule has 0 aliphatic heterocycles. The van der Waals surface area contributed by atoms with E-state index in [2.05, 4.69) is 10.3 Å². The van der Waals surface area contributed by atoms with Gasteiger partial charge >= 0.3 is 11.9 Å². The Labute approximate surface area is 184 Å². The zero-order chi connectivity index (χ0) is 23.6. The fourth-order valence-electron chi connectivity index (χ4n) is 3.39. The molecule has 4 aromatic rings. The molecule has 2 heterocycles. The van der Waals surface area contributed by atoms with Gasteiger partial charge in [-0.15, -0.1) is 0 Å². The third-order valence-electron chi connectivity index (χ3n) is 4.97.